The molecule has 0 radical (unpaired) electrons. The lowest BCUT2D eigenvalue weighted by Crippen LogP contribution is -2.27. The minimum Gasteiger partial charge on any atom is -0.478 e. The number of nitriles is 1. The Labute approximate surface area is 255 Å². The summed E-state index contributed by atoms with van der Waals surface area (Å²) in [5, 5.41) is 22.7. The van der Waals surface area contributed by atoms with Gasteiger partial charge in [0.25, 0.3) is 5.91 Å². The number of carbonyl (C=O) groups is 2. The van der Waals surface area contributed by atoms with Crippen LogP contribution in [0.4, 0.5) is 0 Å². The van der Waals surface area contributed by atoms with Gasteiger partial charge in [0.05, 0.1) is 34.3 Å². The zero-order chi connectivity index (χ0) is 30.6. The van der Waals surface area contributed by atoms with E-state index in [1.807, 2.05) is 67.7 Å². The Morgan fingerprint density at radius 3 is 2.23 bits per heavy atom. The molecule has 0 aliphatic rings. The first kappa shape index (κ1) is 28.2. The van der Waals surface area contributed by atoms with Gasteiger partial charge >= 0.3 is 5.97 Å². The van der Waals surface area contributed by atoms with Crippen LogP contribution in [0.15, 0.2) is 128 Å². The van der Waals surface area contributed by atoms with Gasteiger partial charge in [-0.3, -0.25) is 4.79 Å². The van der Waals surface area contributed by atoms with E-state index in [2.05, 4.69) is 52.4 Å². The molecule has 6 rings (SSSR count). The summed E-state index contributed by atoms with van der Waals surface area (Å²) < 4.78 is 2.09. The Balaban J connectivity index is 1.39. The summed E-state index contributed by atoms with van der Waals surface area (Å²) in [5.74, 6) is -1.25. The van der Waals surface area contributed by atoms with Gasteiger partial charge in [-0.1, -0.05) is 72.8 Å². The highest BCUT2D eigenvalue weighted by Crippen LogP contribution is 2.31. The largest absolute Gasteiger partial charge is 0.478 e. The van der Waals surface area contributed by atoms with E-state index < -0.39 is 5.97 Å². The summed E-state index contributed by atoms with van der Waals surface area (Å²) in [6.45, 7) is 2.44. The fourth-order valence-electron chi connectivity index (χ4n) is 5.54. The number of amides is 1. The molecule has 1 atom stereocenters. The molecule has 0 aliphatic carbocycles. The molecule has 0 aliphatic heterocycles. The second-order valence-corrected chi connectivity index (χ2v) is 10.8. The molecule has 0 bridgehead atoms. The normalized spacial score (nSPS) is 11.5. The average Bonchev–Trinajstić information content (AvgIpc) is 3.47. The van der Waals surface area contributed by atoms with Crippen LogP contribution in [0.2, 0.25) is 0 Å². The maximum absolute atomic E-state index is 14.0. The van der Waals surface area contributed by atoms with Crippen molar-refractivity contribution in [3.63, 3.8) is 0 Å². The molecule has 1 heterocycles. The molecular weight excluding hydrogens is 546 g/mol. The zero-order valence-electron chi connectivity index (χ0n) is 24.1. The van der Waals surface area contributed by atoms with Gasteiger partial charge in [-0.05, 0) is 88.8 Å². The van der Waals surface area contributed by atoms with E-state index in [1.165, 1.54) is 12.1 Å². The number of benzene rings is 5. The molecule has 0 unspecified atom stereocenters. The lowest BCUT2D eigenvalue weighted by molar-refractivity contribution is 0.0696. The van der Waals surface area contributed by atoms with Crippen molar-refractivity contribution >= 4 is 22.8 Å². The third kappa shape index (κ3) is 5.85. The molecule has 1 amide bonds. The van der Waals surface area contributed by atoms with Crippen molar-refractivity contribution in [2.24, 2.45) is 0 Å². The van der Waals surface area contributed by atoms with Gasteiger partial charge in [0, 0.05) is 18.1 Å². The van der Waals surface area contributed by atoms with Crippen molar-refractivity contribution in [1.82, 2.24) is 9.88 Å². The summed E-state index contributed by atoms with van der Waals surface area (Å²) in [6, 6.07) is 40.3. The van der Waals surface area contributed by atoms with E-state index in [0.29, 0.717) is 17.7 Å². The topological polar surface area (TPSA) is 95.1 Å². The molecule has 0 saturated carbocycles. The number of aromatic carboxylic acids is 1. The quantitative estimate of drug-likeness (QED) is 0.192. The van der Waals surface area contributed by atoms with Crippen LogP contribution < -0.4 is 5.32 Å². The zero-order valence-corrected chi connectivity index (χ0v) is 24.1. The van der Waals surface area contributed by atoms with Gasteiger partial charge in [-0.2, -0.15) is 5.26 Å². The predicted molar refractivity (Wildman–Crippen MR) is 172 cm³/mol. The molecule has 6 heteroatoms. The summed E-state index contributed by atoms with van der Waals surface area (Å²) in [4.78, 5) is 25.3. The van der Waals surface area contributed by atoms with Crippen molar-refractivity contribution < 1.29 is 14.7 Å². The van der Waals surface area contributed by atoms with E-state index in [0.717, 1.165) is 44.3 Å². The van der Waals surface area contributed by atoms with Crippen LogP contribution in [0, 0.1) is 11.3 Å². The molecule has 44 heavy (non-hydrogen) atoms. The Hall–Kier alpha value is -5.93. The van der Waals surface area contributed by atoms with Gasteiger partial charge < -0.3 is 15.0 Å². The van der Waals surface area contributed by atoms with Crippen LogP contribution in [-0.2, 0) is 6.54 Å². The number of carbonyl (C=O) groups excluding carboxylic acids is 1. The molecule has 214 valence electrons. The second-order valence-electron chi connectivity index (χ2n) is 10.8. The number of nitrogens with zero attached hydrogens (tertiary/aromatic N) is 2. The number of carboxylic acids is 1. The maximum Gasteiger partial charge on any atom is 0.335 e. The maximum atomic E-state index is 14.0. The lowest BCUT2D eigenvalue weighted by Gasteiger charge is -2.17. The summed E-state index contributed by atoms with van der Waals surface area (Å²) in [6.07, 6.45) is 2.00. The number of nitrogens with one attached hydrogen (secondary N) is 1. The van der Waals surface area contributed by atoms with Crippen molar-refractivity contribution in [1.29, 1.82) is 5.26 Å². The first-order valence-corrected chi connectivity index (χ1v) is 14.3. The third-order valence-electron chi connectivity index (χ3n) is 7.82. The van der Waals surface area contributed by atoms with Crippen LogP contribution in [-0.4, -0.2) is 21.6 Å². The standard InChI is InChI=1S/C38H29N3O3/c1-25(28-13-15-30(16-14-28)38(43)44)40-37(42)35-22-34(32-12-5-7-26(19-32)23-39)21-33-17-18-41(36(33)35)24-27-8-6-11-31(20-27)29-9-3-2-4-10-29/h2-22,25H,24H2,1H3,(H,40,42)(H,43,44)/t25-/m0/s1. The molecular formula is C38H29N3O3. The van der Waals surface area contributed by atoms with E-state index in [1.54, 1.807) is 18.2 Å². The fourth-order valence-corrected chi connectivity index (χ4v) is 5.54. The first-order valence-electron chi connectivity index (χ1n) is 14.3. The monoisotopic (exact) mass is 575 g/mol. The van der Waals surface area contributed by atoms with Gasteiger partial charge in [0.2, 0.25) is 0 Å². The summed E-state index contributed by atoms with van der Waals surface area (Å²) in [5.41, 5.74) is 7.90. The number of rotatable bonds is 8. The average molecular weight is 576 g/mol. The fraction of sp³-hybridized carbons (Fsp3) is 0.0789. The number of hydrogen-bond acceptors (Lipinski definition) is 3. The van der Waals surface area contributed by atoms with E-state index >= 15 is 0 Å². The minimum atomic E-state index is -0.997. The Morgan fingerprint density at radius 1 is 0.795 bits per heavy atom. The number of aromatic nitrogens is 1. The van der Waals surface area contributed by atoms with E-state index in [-0.39, 0.29) is 17.5 Å². The van der Waals surface area contributed by atoms with Crippen LogP contribution in [0.5, 0.6) is 0 Å². The van der Waals surface area contributed by atoms with Gasteiger partial charge in [0.15, 0.2) is 0 Å². The molecule has 5 aromatic carbocycles. The smallest absolute Gasteiger partial charge is 0.335 e. The first-order chi connectivity index (χ1) is 21.4. The Kier molecular flexibility index (Phi) is 7.77. The van der Waals surface area contributed by atoms with Crippen molar-refractivity contribution in [2.75, 3.05) is 0 Å². The van der Waals surface area contributed by atoms with Gasteiger partial charge in [0.1, 0.15) is 0 Å². The SMILES string of the molecule is C[C@H](NC(=O)c1cc(-c2cccc(C#N)c2)cc2ccn(Cc3cccc(-c4ccccc4)c3)c12)c1ccc(C(=O)O)cc1. The molecule has 1 aromatic heterocycles. The Bertz CT molecular complexity index is 2040. The van der Waals surface area contributed by atoms with Crippen LogP contribution in [0.25, 0.3) is 33.2 Å². The minimum absolute atomic E-state index is 0.190. The van der Waals surface area contributed by atoms with Crippen molar-refractivity contribution in [3.8, 4) is 28.3 Å². The number of fused-ring (bicyclic) bond motifs is 1. The number of carboxylic acid groups (broad SMARTS) is 1. The highest BCUT2D eigenvalue weighted by Gasteiger charge is 2.19. The van der Waals surface area contributed by atoms with Crippen LogP contribution in [0.3, 0.4) is 0 Å². The lowest BCUT2D eigenvalue weighted by atomic mass is 9.98. The molecule has 6 nitrogen and oxygen atoms in total. The molecule has 0 spiro atoms. The third-order valence-corrected chi connectivity index (χ3v) is 7.82. The van der Waals surface area contributed by atoms with Crippen LogP contribution in [0.1, 0.15) is 50.4 Å². The van der Waals surface area contributed by atoms with E-state index in [4.69, 9.17) is 0 Å². The molecule has 0 fully saturated rings. The van der Waals surface area contributed by atoms with Crippen molar-refractivity contribution in [3.05, 3.63) is 155 Å². The highest BCUT2D eigenvalue weighted by molar-refractivity contribution is 6.08. The van der Waals surface area contributed by atoms with Crippen LogP contribution >= 0.6 is 0 Å². The predicted octanol–water partition coefficient (Wildman–Crippen LogP) is 8.08. The van der Waals surface area contributed by atoms with E-state index in [9.17, 15) is 20.0 Å². The summed E-state index contributed by atoms with van der Waals surface area (Å²) >= 11 is 0. The Morgan fingerprint density at radius 2 is 1.50 bits per heavy atom. The number of hydrogen-bond donors (Lipinski definition) is 2. The van der Waals surface area contributed by atoms with Gasteiger partial charge in [-0.25, -0.2) is 4.79 Å². The molecule has 2 N–H and O–H groups in total. The van der Waals surface area contributed by atoms with Gasteiger partial charge in [-0.15, -0.1) is 0 Å². The molecule has 6 aromatic rings. The second kappa shape index (κ2) is 12.1. The highest BCUT2D eigenvalue weighted by atomic mass is 16.4. The molecule has 0 saturated heterocycles. The van der Waals surface area contributed by atoms with Crippen molar-refractivity contribution in [2.45, 2.75) is 19.5 Å². The summed E-state index contributed by atoms with van der Waals surface area (Å²) in [7, 11) is 0.